The molecule has 0 aliphatic carbocycles. The van der Waals surface area contributed by atoms with Crippen LogP contribution >= 0.6 is 23.5 Å². The van der Waals surface area contributed by atoms with Gasteiger partial charge in [0.2, 0.25) is 11.6 Å². The number of aliphatic hydroxyl groups excluding tert-OH is 1. The van der Waals surface area contributed by atoms with Gasteiger partial charge in [-0.1, -0.05) is 5.92 Å². The van der Waals surface area contributed by atoms with Gasteiger partial charge in [0.05, 0.1) is 24.7 Å². The smallest absolute Gasteiger partial charge is 0.396 e. The molecule has 0 saturated carbocycles. The highest BCUT2D eigenvalue weighted by Gasteiger charge is 2.60. The Morgan fingerprint density at radius 3 is 2.41 bits per heavy atom. The molecular weight excluding hydrogens is 532 g/mol. The molecule has 17 nitrogen and oxygen atoms in total. The molecule has 1 saturated heterocycles. The monoisotopic (exact) mass is 552 g/mol. The second-order valence-electron chi connectivity index (χ2n) is 6.69. The number of hydrogen-bond acceptors (Lipinski definition) is 12. The molecule has 1 fully saturated rings. The van der Waals surface area contributed by atoms with Crippen molar-refractivity contribution >= 4 is 29.4 Å². The zero-order chi connectivity index (χ0) is 26.1. The first-order chi connectivity index (χ1) is 15.4. The SMILES string of the molecule is CC#CC1(F)C(CO)[C@@H]([C@@H](C)OP(=O)(O)OP(=O)(O)OP(=O)(O)O)O[C@H]1n1cnc(N)nc1=O. The van der Waals surface area contributed by atoms with Gasteiger partial charge in [-0.3, -0.25) is 9.09 Å². The summed E-state index contributed by atoms with van der Waals surface area (Å²) in [6.07, 6.45) is -4.46. The van der Waals surface area contributed by atoms with Gasteiger partial charge >= 0.3 is 29.2 Å². The van der Waals surface area contributed by atoms with E-state index in [4.69, 9.17) is 20.3 Å². The van der Waals surface area contributed by atoms with Crippen LogP contribution in [-0.4, -0.2) is 63.7 Å². The standard InChI is InChI=1S/C13H20FN4O13P3/c1-3-4-13(14)8(5-19)9(28-10(13)18-6-16-11(15)17-12(18)20)7(2)29-33(24,25)31-34(26,27)30-32(21,22)23/h6-10,19H,5H2,1-2H3,(H,24,25)(H,26,27)(H2,15,17,20)(H2,21,22,23)/t7-,8?,9-,10-,13?/m1/s1. The fourth-order valence-corrected chi connectivity index (χ4v) is 6.34. The first-order valence-corrected chi connectivity index (χ1v) is 13.4. The highest BCUT2D eigenvalue weighted by molar-refractivity contribution is 7.66. The lowest BCUT2D eigenvalue weighted by atomic mass is 9.85. The molecule has 2 heterocycles. The van der Waals surface area contributed by atoms with E-state index >= 15 is 4.39 Å². The van der Waals surface area contributed by atoms with Crippen LogP contribution in [0, 0.1) is 17.8 Å². The Balaban J connectivity index is 2.37. The van der Waals surface area contributed by atoms with Crippen LogP contribution < -0.4 is 11.4 Å². The number of aromatic nitrogens is 3. The molecule has 0 radical (unpaired) electrons. The summed E-state index contributed by atoms with van der Waals surface area (Å²) in [6.45, 7) is 1.27. The zero-order valence-electron chi connectivity index (χ0n) is 17.2. The maximum Gasteiger partial charge on any atom is 0.490 e. The number of phosphoric ester groups is 1. The lowest BCUT2D eigenvalue weighted by Crippen LogP contribution is -2.43. The molecule has 1 aromatic heterocycles. The second kappa shape index (κ2) is 10.2. The summed E-state index contributed by atoms with van der Waals surface area (Å²) in [6, 6.07) is 0. The molecule has 1 aliphatic rings. The van der Waals surface area contributed by atoms with Gasteiger partial charge in [0.15, 0.2) is 6.23 Å². The van der Waals surface area contributed by atoms with E-state index in [0.29, 0.717) is 4.57 Å². The van der Waals surface area contributed by atoms with E-state index in [-0.39, 0.29) is 0 Å². The minimum atomic E-state index is -5.81. The third-order valence-electron chi connectivity index (χ3n) is 4.27. The molecular formula is C13H20FN4O13P3. The quantitative estimate of drug-likeness (QED) is 0.162. The van der Waals surface area contributed by atoms with Crippen molar-refractivity contribution in [1.29, 1.82) is 0 Å². The predicted octanol–water partition coefficient (Wildman–Crippen LogP) is -0.810. The van der Waals surface area contributed by atoms with Gasteiger partial charge < -0.3 is 35.2 Å². The van der Waals surface area contributed by atoms with Gasteiger partial charge in [-0.15, -0.1) is 5.92 Å². The Bertz CT molecular complexity index is 1180. The van der Waals surface area contributed by atoms with Crippen LogP contribution in [-0.2, 0) is 31.6 Å². The van der Waals surface area contributed by atoms with Crippen LogP contribution in [0.15, 0.2) is 11.1 Å². The van der Waals surface area contributed by atoms with Crippen molar-refractivity contribution in [2.24, 2.45) is 5.92 Å². The van der Waals surface area contributed by atoms with E-state index in [0.717, 1.165) is 13.3 Å². The Labute approximate surface area is 190 Å². The third-order valence-corrected chi connectivity index (χ3v) is 8.20. The summed E-state index contributed by atoms with van der Waals surface area (Å²) in [5, 5.41) is 9.80. The molecule has 2 rings (SSSR count). The van der Waals surface area contributed by atoms with Crippen molar-refractivity contribution in [3.05, 3.63) is 16.8 Å². The number of alkyl halides is 1. The van der Waals surface area contributed by atoms with Crippen molar-refractivity contribution < 1.29 is 60.6 Å². The summed E-state index contributed by atoms with van der Waals surface area (Å²) in [4.78, 5) is 55.2. The van der Waals surface area contributed by atoms with Crippen molar-refractivity contribution in [2.45, 2.75) is 38.0 Å². The molecule has 1 aliphatic heterocycles. The Morgan fingerprint density at radius 1 is 1.29 bits per heavy atom. The van der Waals surface area contributed by atoms with Crippen molar-refractivity contribution in [2.75, 3.05) is 12.3 Å². The Morgan fingerprint density at radius 2 is 1.91 bits per heavy atom. The van der Waals surface area contributed by atoms with Crippen LogP contribution in [0.3, 0.4) is 0 Å². The average molecular weight is 552 g/mol. The molecule has 192 valence electrons. The molecule has 0 aromatic carbocycles. The predicted molar refractivity (Wildman–Crippen MR) is 107 cm³/mol. The fraction of sp³-hybridized carbons (Fsp3) is 0.615. The molecule has 1 aromatic rings. The van der Waals surface area contributed by atoms with E-state index in [1.165, 1.54) is 6.92 Å². The molecule has 0 amide bonds. The lowest BCUT2D eigenvalue weighted by Gasteiger charge is -2.27. The number of phosphoric acid groups is 3. The lowest BCUT2D eigenvalue weighted by molar-refractivity contribution is -0.0747. The van der Waals surface area contributed by atoms with Crippen molar-refractivity contribution in [1.82, 2.24) is 14.5 Å². The Kier molecular flexibility index (Phi) is 8.60. The molecule has 4 unspecified atom stereocenters. The number of nitrogens with zero attached hydrogens (tertiary/aromatic N) is 3. The second-order valence-corrected chi connectivity index (χ2v) is 11.1. The number of hydrogen-bond donors (Lipinski definition) is 6. The van der Waals surface area contributed by atoms with Gasteiger partial charge in [0, 0.05) is 0 Å². The van der Waals surface area contributed by atoms with Gasteiger partial charge in [0.25, 0.3) is 0 Å². The van der Waals surface area contributed by atoms with Crippen molar-refractivity contribution in [3.8, 4) is 11.8 Å². The Hall–Kier alpha value is -1.57. The van der Waals surface area contributed by atoms with Gasteiger partial charge in [0.1, 0.15) is 6.33 Å². The van der Waals surface area contributed by atoms with Crippen molar-refractivity contribution in [3.63, 3.8) is 0 Å². The number of halogens is 1. The van der Waals surface area contributed by atoms with Crippen LogP contribution in [0.5, 0.6) is 0 Å². The highest BCUT2D eigenvalue weighted by Crippen LogP contribution is 2.67. The van der Waals surface area contributed by atoms with Crippen LogP contribution in [0.4, 0.5) is 10.3 Å². The van der Waals surface area contributed by atoms with Gasteiger partial charge in [-0.25, -0.2) is 27.9 Å². The molecule has 21 heteroatoms. The summed E-state index contributed by atoms with van der Waals surface area (Å²) in [5.74, 6) is 2.39. The van der Waals surface area contributed by atoms with E-state index < -0.39 is 71.7 Å². The van der Waals surface area contributed by atoms with Crippen LogP contribution in [0.1, 0.15) is 20.1 Å². The van der Waals surface area contributed by atoms with E-state index in [9.17, 15) is 33.4 Å². The maximum atomic E-state index is 16.0. The van der Waals surface area contributed by atoms with Gasteiger partial charge in [-0.05, 0) is 13.8 Å². The minimum Gasteiger partial charge on any atom is -0.396 e. The molecule has 7 atom stereocenters. The molecule has 0 spiro atoms. The summed E-state index contributed by atoms with van der Waals surface area (Å²) in [5.41, 5.74) is 1.40. The number of nitrogen functional groups attached to an aromatic ring is 1. The first kappa shape index (κ1) is 28.7. The van der Waals surface area contributed by atoms with Crippen LogP contribution in [0.2, 0.25) is 0 Å². The van der Waals surface area contributed by atoms with Crippen LogP contribution in [0.25, 0.3) is 0 Å². The van der Waals surface area contributed by atoms with E-state index in [1.807, 2.05) is 0 Å². The van der Waals surface area contributed by atoms with Gasteiger partial charge in [-0.2, -0.15) is 13.6 Å². The average Bonchev–Trinajstić information content (AvgIpc) is 2.90. The number of aliphatic hydroxyl groups is 1. The molecule has 7 N–H and O–H groups in total. The van der Waals surface area contributed by atoms with E-state index in [2.05, 4.69) is 35.0 Å². The normalized spacial score (nSPS) is 29.5. The highest BCUT2D eigenvalue weighted by atomic mass is 31.3. The maximum absolute atomic E-state index is 16.0. The minimum absolute atomic E-state index is 0.429. The summed E-state index contributed by atoms with van der Waals surface area (Å²) >= 11 is 0. The summed E-state index contributed by atoms with van der Waals surface area (Å²) in [7, 11) is -17.1. The van der Waals surface area contributed by atoms with E-state index in [1.54, 1.807) is 0 Å². The third kappa shape index (κ3) is 6.76. The topological polar surface area (TPSA) is 263 Å². The number of anilines is 1. The first-order valence-electron chi connectivity index (χ1n) is 8.86. The molecule has 0 bridgehead atoms. The zero-order valence-corrected chi connectivity index (χ0v) is 19.9. The number of rotatable bonds is 9. The number of ether oxygens (including phenoxy) is 1. The molecule has 34 heavy (non-hydrogen) atoms. The largest absolute Gasteiger partial charge is 0.490 e. The summed E-state index contributed by atoms with van der Waals surface area (Å²) < 4.78 is 68.3. The fourth-order valence-electron chi connectivity index (χ4n) is 3.14. The number of nitrogens with two attached hydrogens (primary N) is 1.